The second kappa shape index (κ2) is 5.66. The van der Waals surface area contributed by atoms with Gasteiger partial charge < -0.3 is 5.11 Å². The van der Waals surface area contributed by atoms with Crippen molar-refractivity contribution in [2.45, 2.75) is 25.4 Å². The number of aliphatic hydroxyl groups is 1. The van der Waals surface area contributed by atoms with Crippen LogP contribution in [0.25, 0.3) is 0 Å². The number of halogens is 2. The molecule has 2 aromatic rings. The van der Waals surface area contributed by atoms with E-state index in [1.165, 1.54) is 17.7 Å². The minimum absolute atomic E-state index is 0.187. The standard InChI is InChI=1S/C17H16BrFO/c18-16-10-14(19)8-7-12(16)9-13-6-5-11-3-1-2-4-15(11)17(13)20/h1-4,7-8,10,13,17,20H,5-6,9H2. The van der Waals surface area contributed by atoms with E-state index in [2.05, 4.69) is 22.0 Å². The Kier molecular flexibility index (Phi) is 3.90. The van der Waals surface area contributed by atoms with Gasteiger partial charge in [0.1, 0.15) is 5.82 Å². The minimum Gasteiger partial charge on any atom is -0.388 e. The fraction of sp³-hybridized carbons (Fsp3) is 0.294. The third-order valence-corrected chi connectivity index (χ3v) is 4.84. The highest BCUT2D eigenvalue weighted by Crippen LogP contribution is 2.37. The molecule has 1 nitrogen and oxygen atoms in total. The Morgan fingerprint density at radius 3 is 2.80 bits per heavy atom. The first-order chi connectivity index (χ1) is 9.65. The molecule has 2 aromatic carbocycles. The molecule has 0 saturated carbocycles. The first kappa shape index (κ1) is 13.8. The van der Waals surface area contributed by atoms with Crippen molar-refractivity contribution in [2.24, 2.45) is 5.92 Å². The summed E-state index contributed by atoms with van der Waals surface area (Å²) < 4.78 is 13.9. The summed E-state index contributed by atoms with van der Waals surface area (Å²) in [6.07, 6.45) is 2.28. The maximum Gasteiger partial charge on any atom is 0.124 e. The van der Waals surface area contributed by atoms with Crippen LogP contribution in [0, 0.1) is 11.7 Å². The minimum atomic E-state index is -0.433. The zero-order valence-corrected chi connectivity index (χ0v) is 12.6. The normalized spacial score (nSPS) is 21.6. The Balaban J connectivity index is 1.83. The molecule has 0 saturated heterocycles. The molecule has 20 heavy (non-hydrogen) atoms. The lowest BCUT2D eigenvalue weighted by Gasteiger charge is -2.30. The first-order valence-electron chi connectivity index (χ1n) is 6.85. The van der Waals surface area contributed by atoms with Gasteiger partial charge in [-0.2, -0.15) is 0 Å². The van der Waals surface area contributed by atoms with E-state index < -0.39 is 6.10 Å². The molecule has 1 aliphatic rings. The summed E-state index contributed by atoms with van der Waals surface area (Å²) in [6, 6.07) is 12.8. The van der Waals surface area contributed by atoms with Gasteiger partial charge in [0.25, 0.3) is 0 Å². The Labute approximate surface area is 126 Å². The SMILES string of the molecule is OC1c2ccccc2CCC1Cc1ccc(F)cc1Br. The number of rotatable bonds is 2. The molecule has 1 N–H and O–H groups in total. The second-order valence-corrected chi connectivity index (χ2v) is 6.24. The molecule has 0 heterocycles. The summed E-state index contributed by atoms with van der Waals surface area (Å²) >= 11 is 3.40. The van der Waals surface area contributed by atoms with Crippen molar-refractivity contribution in [1.82, 2.24) is 0 Å². The van der Waals surface area contributed by atoms with Crippen molar-refractivity contribution < 1.29 is 9.50 Å². The van der Waals surface area contributed by atoms with Crippen LogP contribution in [0.1, 0.15) is 29.2 Å². The van der Waals surface area contributed by atoms with Crippen LogP contribution < -0.4 is 0 Å². The van der Waals surface area contributed by atoms with Gasteiger partial charge in [-0.05, 0) is 54.0 Å². The Bertz CT molecular complexity index is 626. The maximum absolute atomic E-state index is 13.1. The highest BCUT2D eigenvalue weighted by molar-refractivity contribution is 9.10. The number of hydrogen-bond donors (Lipinski definition) is 1. The predicted octanol–water partition coefficient (Wildman–Crippen LogP) is 4.43. The fourth-order valence-electron chi connectivity index (χ4n) is 2.99. The van der Waals surface area contributed by atoms with Gasteiger partial charge in [-0.15, -0.1) is 0 Å². The van der Waals surface area contributed by atoms with E-state index in [0.29, 0.717) is 0 Å². The highest BCUT2D eigenvalue weighted by atomic mass is 79.9. The van der Waals surface area contributed by atoms with E-state index in [0.717, 1.165) is 34.9 Å². The lowest BCUT2D eigenvalue weighted by Crippen LogP contribution is -2.22. The van der Waals surface area contributed by atoms with Crippen molar-refractivity contribution >= 4 is 15.9 Å². The van der Waals surface area contributed by atoms with Gasteiger partial charge in [0.15, 0.2) is 0 Å². The number of aliphatic hydroxyl groups excluding tert-OH is 1. The maximum atomic E-state index is 13.1. The number of hydrogen-bond acceptors (Lipinski definition) is 1. The van der Waals surface area contributed by atoms with Crippen LogP contribution in [0.3, 0.4) is 0 Å². The summed E-state index contributed by atoms with van der Waals surface area (Å²) in [7, 11) is 0. The van der Waals surface area contributed by atoms with E-state index in [4.69, 9.17) is 0 Å². The summed E-state index contributed by atoms with van der Waals surface area (Å²) in [5, 5.41) is 10.5. The van der Waals surface area contributed by atoms with Gasteiger partial charge in [0, 0.05) is 4.47 Å². The summed E-state index contributed by atoms with van der Waals surface area (Å²) in [4.78, 5) is 0. The molecule has 1 aliphatic carbocycles. The Hall–Kier alpha value is -1.19. The summed E-state index contributed by atoms with van der Waals surface area (Å²) in [5.74, 6) is -0.0539. The van der Waals surface area contributed by atoms with Crippen molar-refractivity contribution in [2.75, 3.05) is 0 Å². The lowest BCUT2D eigenvalue weighted by atomic mass is 9.78. The van der Waals surface area contributed by atoms with Crippen molar-refractivity contribution in [3.63, 3.8) is 0 Å². The van der Waals surface area contributed by atoms with Crippen LogP contribution in [-0.2, 0) is 12.8 Å². The molecule has 0 spiro atoms. The number of fused-ring (bicyclic) bond motifs is 1. The molecule has 0 aliphatic heterocycles. The molecule has 104 valence electrons. The van der Waals surface area contributed by atoms with Gasteiger partial charge in [-0.3, -0.25) is 0 Å². The van der Waals surface area contributed by atoms with E-state index in [-0.39, 0.29) is 11.7 Å². The topological polar surface area (TPSA) is 20.2 Å². The largest absolute Gasteiger partial charge is 0.388 e. The van der Waals surface area contributed by atoms with Gasteiger partial charge in [-0.25, -0.2) is 4.39 Å². The van der Waals surface area contributed by atoms with Crippen LogP contribution in [0.4, 0.5) is 4.39 Å². The first-order valence-corrected chi connectivity index (χ1v) is 7.64. The molecule has 0 bridgehead atoms. The van der Waals surface area contributed by atoms with Crippen LogP contribution in [0.5, 0.6) is 0 Å². The smallest absolute Gasteiger partial charge is 0.124 e. The van der Waals surface area contributed by atoms with E-state index in [9.17, 15) is 9.50 Å². The monoisotopic (exact) mass is 334 g/mol. The van der Waals surface area contributed by atoms with Crippen molar-refractivity contribution in [1.29, 1.82) is 0 Å². The predicted molar refractivity (Wildman–Crippen MR) is 81.0 cm³/mol. The third-order valence-electron chi connectivity index (χ3n) is 4.10. The molecule has 2 unspecified atom stereocenters. The highest BCUT2D eigenvalue weighted by Gasteiger charge is 2.28. The van der Waals surface area contributed by atoms with Crippen LogP contribution in [0.15, 0.2) is 46.9 Å². The third kappa shape index (κ3) is 2.65. The summed E-state index contributed by atoms with van der Waals surface area (Å²) in [6.45, 7) is 0. The number of aryl methyl sites for hydroxylation is 1. The molecule has 0 aromatic heterocycles. The lowest BCUT2D eigenvalue weighted by molar-refractivity contribution is 0.0936. The van der Waals surface area contributed by atoms with Gasteiger partial charge in [0.2, 0.25) is 0 Å². The molecular weight excluding hydrogens is 319 g/mol. The van der Waals surface area contributed by atoms with E-state index in [1.807, 2.05) is 18.2 Å². The average Bonchev–Trinajstić information content (AvgIpc) is 2.45. The van der Waals surface area contributed by atoms with Gasteiger partial charge >= 0.3 is 0 Å². The fourth-order valence-corrected chi connectivity index (χ4v) is 3.50. The van der Waals surface area contributed by atoms with E-state index in [1.54, 1.807) is 6.07 Å². The number of benzene rings is 2. The summed E-state index contributed by atoms with van der Waals surface area (Å²) in [5.41, 5.74) is 3.34. The Morgan fingerprint density at radius 1 is 1.20 bits per heavy atom. The Morgan fingerprint density at radius 2 is 2.00 bits per heavy atom. The van der Waals surface area contributed by atoms with Crippen LogP contribution in [0.2, 0.25) is 0 Å². The molecular formula is C17H16BrFO. The van der Waals surface area contributed by atoms with Crippen molar-refractivity contribution in [3.8, 4) is 0 Å². The van der Waals surface area contributed by atoms with E-state index >= 15 is 0 Å². The zero-order valence-electron chi connectivity index (χ0n) is 11.0. The quantitative estimate of drug-likeness (QED) is 0.861. The molecule has 3 rings (SSSR count). The van der Waals surface area contributed by atoms with Crippen LogP contribution in [-0.4, -0.2) is 5.11 Å². The molecule has 0 amide bonds. The van der Waals surface area contributed by atoms with Gasteiger partial charge in [0.05, 0.1) is 6.10 Å². The molecule has 0 fully saturated rings. The van der Waals surface area contributed by atoms with Crippen LogP contribution >= 0.6 is 15.9 Å². The molecule has 0 radical (unpaired) electrons. The average molecular weight is 335 g/mol. The van der Waals surface area contributed by atoms with Crippen molar-refractivity contribution in [3.05, 3.63) is 69.4 Å². The molecule has 2 atom stereocenters. The van der Waals surface area contributed by atoms with Gasteiger partial charge in [-0.1, -0.05) is 46.3 Å². The zero-order chi connectivity index (χ0) is 14.1. The molecule has 3 heteroatoms. The second-order valence-electron chi connectivity index (χ2n) is 5.38.